The maximum Gasteiger partial charge on any atom is 0.429 e. The van der Waals surface area contributed by atoms with Crippen molar-refractivity contribution in [3.63, 3.8) is 0 Å². The lowest BCUT2D eigenvalue weighted by molar-refractivity contribution is -0.163. The number of carbonyl (C=O) groups excluding carboxylic acids is 2. The second-order valence-electron chi connectivity index (χ2n) is 3.89. The summed E-state index contributed by atoms with van der Waals surface area (Å²) in [5, 5.41) is 2.46. The lowest BCUT2D eigenvalue weighted by Gasteiger charge is -2.36. The van der Waals surface area contributed by atoms with E-state index in [9.17, 15) is 9.59 Å². The Morgan fingerprint density at radius 1 is 1.29 bits per heavy atom. The van der Waals surface area contributed by atoms with Crippen LogP contribution < -0.4 is 0 Å². The molecule has 0 aromatic carbocycles. The molecule has 1 rings (SSSR count). The molecule has 0 aromatic heterocycles. The molecule has 1 heterocycles. The fraction of sp³-hybridized carbons (Fsp3) is 0.778. The lowest BCUT2D eigenvalue weighted by atomic mass is 10.1. The molecule has 80 valence electrons. The van der Waals surface area contributed by atoms with Crippen LogP contribution in [0.25, 0.3) is 0 Å². The van der Waals surface area contributed by atoms with Crippen molar-refractivity contribution in [3.05, 3.63) is 0 Å². The monoisotopic (exact) mass is 200 g/mol. The van der Waals surface area contributed by atoms with Crippen molar-refractivity contribution < 1.29 is 14.3 Å². The zero-order valence-electron chi connectivity index (χ0n) is 8.98. The summed E-state index contributed by atoms with van der Waals surface area (Å²) < 4.78 is 4.99. The highest BCUT2D eigenvalue weighted by Crippen LogP contribution is 2.17. The van der Waals surface area contributed by atoms with Crippen LogP contribution in [-0.2, 0) is 9.53 Å². The summed E-state index contributed by atoms with van der Waals surface area (Å²) in [5.74, 6) is 0.161. The van der Waals surface area contributed by atoms with E-state index in [1.165, 1.54) is 17.1 Å². The first-order chi connectivity index (χ1) is 6.43. The van der Waals surface area contributed by atoms with Gasteiger partial charge in [0.25, 0.3) is 5.91 Å². The normalized spacial score (nSPS) is 23.1. The van der Waals surface area contributed by atoms with E-state index in [1.54, 1.807) is 7.05 Å². The van der Waals surface area contributed by atoms with Crippen molar-refractivity contribution in [3.8, 4) is 0 Å². The molecule has 0 saturated carbocycles. The van der Waals surface area contributed by atoms with Gasteiger partial charge >= 0.3 is 6.09 Å². The average Bonchev–Trinajstić information content (AvgIpc) is 2.10. The van der Waals surface area contributed by atoms with Crippen LogP contribution in [0.4, 0.5) is 4.79 Å². The van der Waals surface area contributed by atoms with Gasteiger partial charge in [0.1, 0.15) is 0 Å². The second-order valence-corrected chi connectivity index (χ2v) is 3.89. The number of ether oxygens (including phenoxy) is 1. The van der Waals surface area contributed by atoms with Crippen molar-refractivity contribution in [2.75, 3.05) is 14.1 Å². The molecule has 1 unspecified atom stereocenters. The third kappa shape index (κ3) is 1.97. The van der Waals surface area contributed by atoms with Gasteiger partial charge < -0.3 is 4.74 Å². The Hall–Kier alpha value is -1.26. The molecule has 0 bridgehead atoms. The lowest BCUT2D eigenvalue weighted by Crippen LogP contribution is -2.56. The molecule has 2 amide bonds. The van der Waals surface area contributed by atoms with Gasteiger partial charge in [-0.2, -0.15) is 0 Å². The van der Waals surface area contributed by atoms with E-state index in [1.807, 2.05) is 13.8 Å². The van der Waals surface area contributed by atoms with E-state index in [2.05, 4.69) is 0 Å². The van der Waals surface area contributed by atoms with Crippen molar-refractivity contribution in [1.29, 1.82) is 0 Å². The molecular formula is C9H16N2O3. The minimum absolute atomic E-state index is 0.166. The summed E-state index contributed by atoms with van der Waals surface area (Å²) in [6, 6.07) is 0. The van der Waals surface area contributed by atoms with Gasteiger partial charge in [-0.15, -0.1) is 0 Å². The molecule has 1 aliphatic rings. The predicted molar refractivity (Wildman–Crippen MR) is 50.3 cm³/mol. The molecule has 0 N–H and O–H groups in total. The summed E-state index contributed by atoms with van der Waals surface area (Å²) in [7, 11) is 3.07. The van der Waals surface area contributed by atoms with Gasteiger partial charge in [0.15, 0.2) is 6.10 Å². The maximum absolute atomic E-state index is 11.6. The summed E-state index contributed by atoms with van der Waals surface area (Å²) >= 11 is 0. The Morgan fingerprint density at radius 3 is 2.36 bits per heavy atom. The molecule has 1 saturated heterocycles. The average molecular weight is 200 g/mol. The third-order valence-corrected chi connectivity index (χ3v) is 2.24. The molecule has 0 aromatic rings. The standard InChI is InChI=1S/C9H16N2O3/c1-6(2)5-7-8(12)10(3)11(4)9(13)14-7/h6-7H,5H2,1-4H3. The fourth-order valence-corrected chi connectivity index (χ4v) is 1.30. The van der Waals surface area contributed by atoms with Gasteiger partial charge in [-0.05, 0) is 12.3 Å². The summed E-state index contributed by atoms with van der Waals surface area (Å²) in [6.07, 6.45) is -0.524. The van der Waals surface area contributed by atoms with Gasteiger partial charge in [0.05, 0.1) is 0 Å². The quantitative estimate of drug-likeness (QED) is 0.664. The van der Waals surface area contributed by atoms with Crippen LogP contribution in [0, 0.1) is 5.92 Å². The summed E-state index contributed by atoms with van der Waals surface area (Å²) in [5.41, 5.74) is 0. The highest BCUT2D eigenvalue weighted by molar-refractivity contribution is 5.87. The molecule has 14 heavy (non-hydrogen) atoms. The summed E-state index contributed by atoms with van der Waals surface area (Å²) in [6.45, 7) is 3.97. The van der Waals surface area contributed by atoms with Crippen LogP contribution in [0.3, 0.4) is 0 Å². The van der Waals surface area contributed by atoms with Crippen LogP contribution in [0.5, 0.6) is 0 Å². The number of hydrazine groups is 1. The Morgan fingerprint density at radius 2 is 1.86 bits per heavy atom. The van der Waals surface area contributed by atoms with Gasteiger partial charge in [-0.1, -0.05) is 13.8 Å². The zero-order chi connectivity index (χ0) is 10.9. The van der Waals surface area contributed by atoms with Crippen LogP contribution in [0.2, 0.25) is 0 Å². The number of likely N-dealkylation sites (N-methyl/N-ethyl adjacent to an activating group) is 1. The van der Waals surface area contributed by atoms with Gasteiger partial charge in [0.2, 0.25) is 0 Å². The number of amides is 2. The van der Waals surface area contributed by atoms with E-state index in [0.717, 1.165) is 0 Å². The molecular weight excluding hydrogens is 184 g/mol. The SMILES string of the molecule is CC(C)CC1OC(=O)N(C)N(C)C1=O. The highest BCUT2D eigenvalue weighted by Gasteiger charge is 2.36. The number of hydrogen-bond acceptors (Lipinski definition) is 3. The Labute approximate surface area is 83.6 Å². The van der Waals surface area contributed by atoms with Crippen molar-refractivity contribution in [2.24, 2.45) is 5.92 Å². The van der Waals surface area contributed by atoms with Crippen molar-refractivity contribution in [1.82, 2.24) is 10.0 Å². The largest absolute Gasteiger partial charge is 0.435 e. The van der Waals surface area contributed by atoms with E-state index < -0.39 is 12.2 Å². The molecule has 0 spiro atoms. The van der Waals surface area contributed by atoms with Crippen LogP contribution >= 0.6 is 0 Å². The summed E-state index contributed by atoms with van der Waals surface area (Å²) in [4.78, 5) is 22.9. The van der Waals surface area contributed by atoms with Crippen LogP contribution in [0.1, 0.15) is 20.3 Å². The number of nitrogens with zero attached hydrogens (tertiary/aromatic N) is 2. The topological polar surface area (TPSA) is 49.9 Å². The molecule has 0 radical (unpaired) electrons. The van der Waals surface area contributed by atoms with Crippen molar-refractivity contribution >= 4 is 12.0 Å². The van der Waals surface area contributed by atoms with Crippen molar-refractivity contribution in [2.45, 2.75) is 26.4 Å². The van der Waals surface area contributed by atoms with Gasteiger partial charge in [-0.3, -0.25) is 4.79 Å². The first-order valence-electron chi connectivity index (χ1n) is 4.65. The molecule has 5 nitrogen and oxygen atoms in total. The molecule has 0 aliphatic carbocycles. The predicted octanol–water partition coefficient (Wildman–Crippen LogP) is 0.857. The van der Waals surface area contributed by atoms with E-state index in [-0.39, 0.29) is 5.91 Å². The van der Waals surface area contributed by atoms with E-state index in [4.69, 9.17) is 4.74 Å². The Balaban J connectivity index is 2.70. The molecule has 1 fully saturated rings. The molecule has 5 heteroatoms. The fourth-order valence-electron chi connectivity index (χ4n) is 1.30. The van der Waals surface area contributed by atoms with Gasteiger partial charge in [0, 0.05) is 14.1 Å². The first kappa shape index (κ1) is 10.8. The zero-order valence-corrected chi connectivity index (χ0v) is 8.98. The van der Waals surface area contributed by atoms with Crippen LogP contribution in [0.15, 0.2) is 0 Å². The minimum Gasteiger partial charge on any atom is -0.435 e. The van der Waals surface area contributed by atoms with Gasteiger partial charge in [-0.25, -0.2) is 14.8 Å². The number of carbonyl (C=O) groups is 2. The van der Waals surface area contributed by atoms with E-state index >= 15 is 0 Å². The number of hydrogen-bond donors (Lipinski definition) is 0. The first-order valence-corrected chi connectivity index (χ1v) is 4.65. The Bertz CT molecular complexity index is 252. The number of rotatable bonds is 2. The van der Waals surface area contributed by atoms with E-state index in [0.29, 0.717) is 12.3 Å². The molecule has 1 aliphatic heterocycles. The molecule has 1 atom stereocenters. The third-order valence-electron chi connectivity index (χ3n) is 2.24. The Kier molecular flexibility index (Phi) is 2.98. The minimum atomic E-state index is -0.622. The highest BCUT2D eigenvalue weighted by atomic mass is 16.6. The smallest absolute Gasteiger partial charge is 0.429 e. The number of cyclic esters (lactones) is 1. The van der Waals surface area contributed by atoms with Crippen LogP contribution in [-0.4, -0.2) is 42.2 Å². The maximum atomic E-state index is 11.6. The second kappa shape index (κ2) is 3.86.